The van der Waals surface area contributed by atoms with Gasteiger partial charge in [0.15, 0.2) is 0 Å². The van der Waals surface area contributed by atoms with Gasteiger partial charge in [0.2, 0.25) is 0 Å². The van der Waals surface area contributed by atoms with E-state index in [2.05, 4.69) is 53.3 Å². The number of amides is 1. The molecule has 40 heavy (non-hydrogen) atoms. The number of benzene rings is 1. The molecule has 0 bridgehead atoms. The first-order valence-corrected chi connectivity index (χ1v) is 14.6. The van der Waals surface area contributed by atoms with Crippen LogP contribution in [0, 0.1) is 23.2 Å². The van der Waals surface area contributed by atoms with Gasteiger partial charge >= 0.3 is 0 Å². The fraction of sp³-hybridized carbons (Fsp3) is 0.531. The Morgan fingerprint density at radius 1 is 1.25 bits per heavy atom. The Labute approximate surface area is 236 Å². The van der Waals surface area contributed by atoms with Crippen LogP contribution in [0.3, 0.4) is 0 Å². The summed E-state index contributed by atoms with van der Waals surface area (Å²) in [6, 6.07) is 12.4. The summed E-state index contributed by atoms with van der Waals surface area (Å²) in [5, 5.41) is 21.2. The van der Waals surface area contributed by atoms with E-state index in [1.54, 1.807) is 6.33 Å². The maximum absolute atomic E-state index is 13.7. The van der Waals surface area contributed by atoms with Crippen molar-refractivity contribution in [2.24, 2.45) is 18.9 Å². The van der Waals surface area contributed by atoms with Crippen molar-refractivity contribution in [3.8, 4) is 6.07 Å². The lowest BCUT2D eigenvalue weighted by atomic mass is 9.58. The van der Waals surface area contributed by atoms with Crippen molar-refractivity contribution in [1.29, 1.82) is 5.26 Å². The number of pyridine rings is 1. The molecule has 8 heteroatoms. The van der Waals surface area contributed by atoms with Gasteiger partial charge < -0.3 is 9.88 Å². The number of aryl methyl sites for hydroxylation is 1. The van der Waals surface area contributed by atoms with Crippen LogP contribution < -0.4 is 5.32 Å². The molecule has 1 saturated heterocycles. The lowest BCUT2D eigenvalue weighted by Crippen LogP contribution is -2.43. The number of rotatable bonds is 6. The molecule has 2 aromatic heterocycles. The largest absolute Gasteiger partial charge is 0.321 e. The zero-order chi connectivity index (χ0) is 28.1. The van der Waals surface area contributed by atoms with E-state index in [1.165, 1.54) is 24.0 Å². The molecule has 0 unspecified atom stereocenters. The van der Waals surface area contributed by atoms with E-state index in [9.17, 15) is 10.1 Å². The van der Waals surface area contributed by atoms with Gasteiger partial charge in [0, 0.05) is 37.2 Å². The first kappa shape index (κ1) is 26.6. The quantitative estimate of drug-likeness (QED) is 0.468. The maximum Gasteiger partial charge on any atom is 0.274 e. The zero-order valence-corrected chi connectivity index (χ0v) is 24.1. The van der Waals surface area contributed by atoms with Crippen molar-refractivity contribution in [2.45, 2.75) is 76.7 Å². The molecule has 0 radical (unpaired) electrons. The number of nitrogens with zero attached hydrogens (tertiary/aromatic N) is 6. The molecule has 2 fully saturated rings. The van der Waals surface area contributed by atoms with Gasteiger partial charge in [0.25, 0.3) is 5.91 Å². The monoisotopic (exact) mass is 537 g/mol. The number of nitriles is 1. The van der Waals surface area contributed by atoms with Gasteiger partial charge in [0.05, 0.1) is 17.2 Å². The van der Waals surface area contributed by atoms with Crippen molar-refractivity contribution in [3.63, 3.8) is 0 Å². The van der Waals surface area contributed by atoms with Crippen LogP contribution in [0.4, 0.5) is 5.69 Å². The second-order valence-corrected chi connectivity index (χ2v) is 13.0. The van der Waals surface area contributed by atoms with Gasteiger partial charge in [-0.15, -0.1) is 10.2 Å². The number of carbonyl (C=O) groups excluding carboxylic acids is 1. The maximum atomic E-state index is 13.7. The third kappa shape index (κ3) is 4.71. The summed E-state index contributed by atoms with van der Waals surface area (Å²) in [5.74, 6) is 1.35. The van der Waals surface area contributed by atoms with Crippen LogP contribution in [0.25, 0.3) is 0 Å². The number of anilines is 1. The molecular formula is C32H39N7O. The van der Waals surface area contributed by atoms with Crippen LogP contribution in [-0.2, 0) is 30.8 Å². The molecule has 1 aliphatic heterocycles. The molecule has 1 aromatic carbocycles. The van der Waals surface area contributed by atoms with Crippen LogP contribution in [0.5, 0.6) is 0 Å². The molecule has 3 heterocycles. The van der Waals surface area contributed by atoms with Crippen LogP contribution >= 0.6 is 0 Å². The van der Waals surface area contributed by atoms with Gasteiger partial charge in [-0.2, -0.15) is 5.26 Å². The fourth-order valence-electron chi connectivity index (χ4n) is 7.17. The van der Waals surface area contributed by atoms with Gasteiger partial charge in [-0.05, 0) is 85.9 Å². The molecule has 1 amide bonds. The van der Waals surface area contributed by atoms with E-state index in [-0.39, 0.29) is 22.7 Å². The van der Waals surface area contributed by atoms with Gasteiger partial charge in [-0.3, -0.25) is 9.69 Å². The van der Waals surface area contributed by atoms with Crippen molar-refractivity contribution in [1.82, 2.24) is 24.6 Å². The van der Waals surface area contributed by atoms with E-state index in [4.69, 9.17) is 4.98 Å². The van der Waals surface area contributed by atoms with E-state index < -0.39 is 0 Å². The third-order valence-corrected chi connectivity index (χ3v) is 9.41. The summed E-state index contributed by atoms with van der Waals surface area (Å²) < 4.78 is 1.93. The zero-order valence-electron chi connectivity index (χ0n) is 24.1. The summed E-state index contributed by atoms with van der Waals surface area (Å²) in [6.07, 6.45) is 7.67. The van der Waals surface area contributed by atoms with E-state index in [0.29, 0.717) is 24.5 Å². The Morgan fingerprint density at radius 3 is 2.80 bits per heavy atom. The van der Waals surface area contributed by atoms with Crippen LogP contribution in [0.1, 0.15) is 91.6 Å². The molecule has 1 saturated carbocycles. The lowest BCUT2D eigenvalue weighted by Gasteiger charge is -2.44. The molecule has 6 rings (SSSR count). The topological polar surface area (TPSA) is 99.7 Å². The standard InChI is InChI=1S/C32H39N7O/c1-21-7-6-12-39(18-21)19-23-13-27(36-28-26(23)10-11-31(28,2)3)29(40)35-25-9-5-8-24(14-25)32(15-22(16-32)17-33)30-37-34-20-38(30)4/h5,8-9,13-14,20-22H,6-7,10-12,15-16,18-19H2,1-4H3,(H,35,40)/t21-,22?,32?/m0/s1. The number of hydrogen-bond acceptors (Lipinski definition) is 6. The van der Waals surface area contributed by atoms with Crippen LogP contribution in [-0.4, -0.2) is 43.6 Å². The highest BCUT2D eigenvalue weighted by molar-refractivity contribution is 6.03. The van der Waals surface area contributed by atoms with Crippen molar-refractivity contribution >= 4 is 11.6 Å². The smallest absolute Gasteiger partial charge is 0.274 e. The SMILES string of the molecule is C[C@H]1CCCN(Cc2cc(C(=O)Nc3cccc(C4(c5nncn5C)CC(C#N)C4)c3)nc3c2CCC3(C)C)C1. The average molecular weight is 538 g/mol. The van der Waals surface area contributed by atoms with Crippen molar-refractivity contribution in [2.75, 3.05) is 18.4 Å². The average Bonchev–Trinajstić information content (AvgIpc) is 3.46. The summed E-state index contributed by atoms with van der Waals surface area (Å²) >= 11 is 0. The molecule has 3 aromatic rings. The lowest BCUT2D eigenvalue weighted by molar-refractivity contribution is 0.102. The number of likely N-dealkylation sites (tertiary alicyclic amines) is 1. The predicted octanol–water partition coefficient (Wildman–Crippen LogP) is 5.14. The third-order valence-electron chi connectivity index (χ3n) is 9.41. The second-order valence-electron chi connectivity index (χ2n) is 13.0. The van der Waals surface area contributed by atoms with Crippen molar-refractivity contribution in [3.05, 3.63) is 70.6 Å². The first-order valence-electron chi connectivity index (χ1n) is 14.6. The van der Waals surface area contributed by atoms with Gasteiger partial charge in [0.1, 0.15) is 17.8 Å². The van der Waals surface area contributed by atoms with E-state index >= 15 is 0 Å². The number of carbonyl (C=O) groups is 1. The number of fused-ring (bicyclic) bond motifs is 1. The Balaban J connectivity index is 1.29. The second kappa shape index (κ2) is 10.1. The highest BCUT2D eigenvalue weighted by Crippen LogP contribution is 2.51. The van der Waals surface area contributed by atoms with E-state index in [1.807, 2.05) is 35.9 Å². The highest BCUT2D eigenvalue weighted by Gasteiger charge is 2.50. The Hall–Kier alpha value is -3.57. The minimum atomic E-state index is -0.388. The molecule has 8 nitrogen and oxygen atoms in total. The molecule has 1 atom stereocenters. The predicted molar refractivity (Wildman–Crippen MR) is 154 cm³/mol. The van der Waals surface area contributed by atoms with Gasteiger partial charge in [-0.25, -0.2) is 4.98 Å². The molecule has 2 aliphatic carbocycles. The van der Waals surface area contributed by atoms with Crippen LogP contribution in [0.2, 0.25) is 0 Å². The number of piperidine rings is 1. The summed E-state index contributed by atoms with van der Waals surface area (Å²) in [4.78, 5) is 21.2. The summed E-state index contributed by atoms with van der Waals surface area (Å²) in [6.45, 7) is 9.90. The highest BCUT2D eigenvalue weighted by atomic mass is 16.1. The number of nitrogens with one attached hydrogen (secondary N) is 1. The normalized spacial score (nSPS) is 25.6. The Morgan fingerprint density at radius 2 is 2.08 bits per heavy atom. The fourth-order valence-corrected chi connectivity index (χ4v) is 7.17. The molecule has 1 N–H and O–H groups in total. The van der Waals surface area contributed by atoms with Gasteiger partial charge in [-0.1, -0.05) is 32.9 Å². The molecule has 208 valence electrons. The van der Waals surface area contributed by atoms with Crippen molar-refractivity contribution < 1.29 is 4.79 Å². The molecule has 0 spiro atoms. The summed E-state index contributed by atoms with van der Waals surface area (Å²) in [7, 11) is 1.94. The van der Waals surface area contributed by atoms with E-state index in [0.717, 1.165) is 55.2 Å². The molecule has 3 aliphatic rings. The minimum absolute atomic E-state index is 0.0183. The Bertz CT molecular complexity index is 1480. The minimum Gasteiger partial charge on any atom is -0.321 e. The van der Waals surface area contributed by atoms with Crippen LogP contribution in [0.15, 0.2) is 36.7 Å². The number of aromatic nitrogens is 4. The molecular weight excluding hydrogens is 498 g/mol. The number of hydrogen-bond donors (Lipinski definition) is 1. The Kier molecular flexibility index (Phi) is 6.74. The first-order chi connectivity index (χ1) is 19.2. The summed E-state index contributed by atoms with van der Waals surface area (Å²) in [5.41, 5.74) is 5.47.